The van der Waals surface area contributed by atoms with Gasteiger partial charge in [0.25, 0.3) is 0 Å². The van der Waals surface area contributed by atoms with Crippen LogP contribution in [0.1, 0.15) is 18.9 Å². The molecule has 6 nitrogen and oxygen atoms in total. The lowest BCUT2D eigenvalue weighted by Crippen LogP contribution is -2.35. The van der Waals surface area contributed by atoms with Gasteiger partial charge in [-0.05, 0) is 43.7 Å². The number of fused-ring (bicyclic) bond motifs is 1. The minimum Gasteiger partial charge on any atom is -0.382 e. The van der Waals surface area contributed by atoms with E-state index in [1.807, 2.05) is 17.9 Å². The zero-order chi connectivity index (χ0) is 22.0. The van der Waals surface area contributed by atoms with Crippen LogP contribution in [0.5, 0.6) is 0 Å². The molecule has 3 aromatic rings. The number of rotatable bonds is 4. The Labute approximate surface area is 177 Å². The van der Waals surface area contributed by atoms with Crippen molar-refractivity contribution in [3.8, 4) is 11.3 Å². The van der Waals surface area contributed by atoms with Crippen molar-refractivity contribution in [1.82, 2.24) is 15.0 Å². The molecule has 0 bridgehead atoms. The number of nitrogens with one attached hydrogen (secondary N) is 2. The predicted molar refractivity (Wildman–Crippen MR) is 115 cm³/mol. The van der Waals surface area contributed by atoms with Crippen LogP contribution in [0.15, 0.2) is 67.4 Å². The van der Waals surface area contributed by atoms with Gasteiger partial charge in [0.1, 0.15) is 18.0 Å². The van der Waals surface area contributed by atoms with Crippen molar-refractivity contribution in [2.75, 3.05) is 22.1 Å². The van der Waals surface area contributed by atoms with Crippen LogP contribution < -0.4 is 15.5 Å². The summed E-state index contributed by atoms with van der Waals surface area (Å²) < 4.78 is 39.5. The molecule has 0 fully saturated rings. The van der Waals surface area contributed by atoms with Gasteiger partial charge in [-0.2, -0.15) is 13.2 Å². The Morgan fingerprint density at radius 3 is 2.81 bits per heavy atom. The molecular formula is C22H21F3N6. The van der Waals surface area contributed by atoms with Gasteiger partial charge in [0.05, 0.1) is 16.9 Å². The predicted octanol–water partition coefficient (Wildman–Crippen LogP) is 5.15. The van der Waals surface area contributed by atoms with E-state index in [1.165, 1.54) is 12.4 Å². The summed E-state index contributed by atoms with van der Waals surface area (Å²) in [5.41, 5.74) is 0.912. The van der Waals surface area contributed by atoms with E-state index >= 15 is 0 Å². The van der Waals surface area contributed by atoms with Gasteiger partial charge in [-0.3, -0.25) is 0 Å². The maximum Gasteiger partial charge on any atom is 0.416 e. The highest BCUT2D eigenvalue weighted by molar-refractivity contribution is 5.75. The Kier molecular flexibility index (Phi) is 5.50. The molecule has 1 aliphatic heterocycles. The quantitative estimate of drug-likeness (QED) is 0.601. The van der Waals surface area contributed by atoms with Gasteiger partial charge in [0.2, 0.25) is 0 Å². The van der Waals surface area contributed by atoms with Crippen LogP contribution in [-0.4, -0.2) is 27.5 Å². The summed E-state index contributed by atoms with van der Waals surface area (Å²) in [4.78, 5) is 14.7. The number of nitrogens with zero attached hydrogens (tertiary/aromatic N) is 4. The molecule has 0 amide bonds. The third kappa shape index (κ3) is 4.45. The van der Waals surface area contributed by atoms with Gasteiger partial charge >= 0.3 is 6.18 Å². The van der Waals surface area contributed by atoms with Gasteiger partial charge < -0.3 is 15.5 Å². The van der Waals surface area contributed by atoms with Crippen LogP contribution in [0.4, 0.5) is 30.5 Å². The average molecular weight is 426 g/mol. The Morgan fingerprint density at radius 2 is 2.06 bits per heavy atom. The molecule has 0 spiro atoms. The number of hydrogen-bond donors (Lipinski definition) is 2. The fourth-order valence-corrected chi connectivity index (χ4v) is 3.51. The summed E-state index contributed by atoms with van der Waals surface area (Å²) in [6, 6.07) is 10.5. The minimum absolute atomic E-state index is 0.0415. The summed E-state index contributed by atoms with van der Waals surface area (Å²) in [7, 11) is 0. The highest BCUT2D eigenvalue weighted by atomic mass is 19.4. The highest BCUT2D eigenvalue weighted by Crippen LogP contribution is 2.36. The van der Waals surface area contributed by atoms with Gasteiger partial charge in [0.15, 0.2) is 5.82 Å². The summed E-state index contributed by atoms with van der Waals surface area (Å²) in [5, 5.41) is 6.50. The van der Waals surface area contributed by atoms with Crippen LogP contribution in [0.3, 0.4) is 0 Å². The third-order valence-corrected chi connectivity index (χ3v) is 5.05. The Bertz CT molecular complexity index is 1080. The number of halogens is 3. The molecule has 31 heavy (non-hydrogen) atoms. The monoisotopic (exact) mass is 426 g/mol. The molecule has 0 unspecified atom stereocenters. The normalized spacial score (nSPS) is 16.1. The van der Waals surface area contributed by atoms with Crippen LogP contribution in [-0.2, 0) is 6.18 Å². The topological polar surface area (TPSA) is 66.0 Å². The number of aromatic nitrogens is 3. The molecule has 0 saturated heterocycles. The van der Waals surface area contributed by atoms with Gasteiger partial charge in [-0.1, -0.05) is 18.7 Å². The van der Waals surface area contributed by atoms with Crippen molar-refractivity contribution in [1.29, 1.82) is 0 Å². The number of hydrogen-bond acceptors (Lipinski definition) is 6. The lowest BCUT2D eigenvalue weighted by Gasteiger charge is -2.31. The summed E-state index contributed by atoms with van der Waals surface area (Å²) in [5.74, 6) is 1.73. The lowest BCUT2D eigenvalue weighted by atomic mass is 10.1. The number of pyridine rings is 1. The molecule has 1 aromatic carbocycles. The second-order valence-corrected chi connectivity index (χ2v) is 7.25. The summed E-state index contributed by atoms with van der Waals surface area (Å²) in [6.07, 6.45) is -0.547. The van der Waals surface area contributed by atoms with Crippen molar-refractivity contribution in [3.05, 3.63) is 73.0 Å². The van der Waals surface area contributed by atoms with E-state index in [0.717, 1.165) is 30.8 Å². The zero-order valence-corrected chi connectivity index (χ0v) is 16.8. The van der Waals surface area contributed by atoms with E-state index in [0.29, 0.717) is 28.7 Å². The van der Waals surface area contributed by atoms with E-state index in [4.69, 9.17) is 4.98 Å². The van der Waals surface area contributed by atoms with E-state index in [-0.39, 0.29) is 6.04 Å². The fourth-order valence-electron chi connectivity index (χ4n) is 3.51. The van der Waals surface area contributed by atoms with Crippen molar-refractivity contribution in [3.63, 3.8) is 0 Å². The van der Waals surface area contributed by atoms with Crippen LogP contribution in [0.25, 0.3) is 11.3 Å². The van der Waals surface area contributed by atoms with E-state index in [9.17, 15) is 13.2 Å². The average Bonchev–Trinajstić information content (AvgIpc) is 2.91. The van der Waals surface area contributed by atoms with Crippen molar-refractivity contribution < 1.29 is 13.2 Å². The second kappa shape index (κ2) is 8.25. The van der Waals surface area contributed by atoms with Crippen molar-refractivity contribution >= 4 is 17.3 Å². The second-order valence-electron chi connectivity index (χ2n) is 7.25. The molecule has 9 heteroatoms. The summed E-state index contributed by atoms with van der Waals surface area (Å²) >= 11 is 0. The van der Waals surface area contributed by atoms with Crippen molar-refractivity contribution in [2.24, 2.45) is 0 Å². The smallest absolute Gasteiger partial charge is 0.382 e. The number of alkyl halides is 3. The van der Waals surface area contributed by atoms with Crippen molar-refractivity contribution in [2.45, 2.75) is 25.6 Å². The first kappa shape index (κ1) is 20.6. The fraction of sp³-hybridized carbons (Fsp3) is 0.227. The minimum atomic E-state index is -4.42. The molecule has 0 saturated carbocycles. The molecule has 1 atom stereocenters. The maximum atomic E-state index is 13.2. The number of benzene rings is 1. The maximum absolute atomic E-state index is 13.2. The molecule has 1 aliphatic rings. The summed E-state index contributed by atoms with van der Waals surface area (Å²) in [6.45, 7) is 6.93. The molecule has 3 heterocycles. The first-order valence-electron chi connectivity index (χ1n) is 9.76. The van der Waals surface area contributed by atoms with Crippen LogP contribution in [0, 0.1) is 0 Å². The lowest BCUT2D eigenvalue weighted by molar-refractivity contribution is -0.137. The number of anilines is 3. The third-order valence-electron chi connectivity index (χ3n) is 5.05. The SMILES string of the molecule is C=C(Nc1ccncn1)N1c2nc(-c3cccc(C(F)(F)F)c3)ccc2NCC[C@@H]1C. The molecule has 0 radical (unpaired) electrons. The highest BCUT2D eigenvalue weighted by Gasteiger charge is 2.31. The zero-order valence-electron chi connectivity index (χ0n) is 16.8. The Morgan fingerprint density at radius 1 is 1.23 bits per heavy atom. The molecule has 2 aromatic heterocycles. The van der Waals surface area contributed by atoms with Crippen LogP contribution >= 0.6 is 0 Å². The van der Waals surface area contributed by atoms with E-state index in [1.54, 1.807) is 24.4 Å². The molecule has 4 rings (SSSR count). The Hall–Kier alpha value is -3.62. The van der Waals surface area contributed by atoms with Gasteiger partial charge in [0, 0.05) is 24.3 Å². The van der Waals surface area contributed by atoms with E-state index in [2.05, 4.69) is 27.2 Å². The standard InChI is InChI=1S/C22H21F3N6/c1-14-8-11-27-19-7-6-18(16-4-3-5-17(12-16)22(23,24)25)30-21(19)31(14)15(2)29-20-9-10-26-13-28-20/h3-7,9-10,12-14,27H,2,8,11H2,1H3,(H,26,28,29)/t14-/m0/s1. The van der Waals surface area contributed by atoms with E-state index < -0.39 is 11.7 Å². The molecule has 2 N–H and O–H groups in total. The Balaban J connectivity index is 1.73. The van der Waals surface area contributed by atoms with Crippen LogP contribution in [0.2, 0.25) is 0 Å². The van der Waals surface area contributed by atoms with Gasteiger partial charge in [-0.25, -0.2) is 15.0 Å². The first-order chi connectivity index (χ1) is 14.8. The molecule has 0 aliphatic carbocycles. The molecule has 160 valence electrons. The first-order valence-corrected chi connectivity index (χ1v) is 9.76. The molecular weight excluding hydrogens is 405 g/mol. The van der Waals surface area contributed by atoms with Gasteiger partial charge in [-0.15, -0.1) is 0 Å². The largest absolute Gasteiger partial charge is 0.416 e.